The molecular weight excluding hydrogens is 228 g/mol. The van der Waals surface area contributed by atoms with Gasteiger partial charge in [-0.05, 0) is 46.7 Å². The number of hydrogen-bond acceptors (Lipinski definition) is 4. The highest BCUT2D eigenvalue weighted by molar-refractivity contribution is 5.76. The average Bonchev–Trinajstić information content (AvgIpc) is 2.36. The summed E-state index contributed by atoms with van der Waals surface area (Å²) in [5.74, 6) is -0.153. The molecule has 0 radical (unpaired) electrons. The number of carbonyl (C=O) groups is 1. The molecule has 1 atom stereocenters. The van der Waals surface area contributed by atoms with Crippen LogP contribution in [0.5, 0.6) is 0 Å². The second-order valence-electron chi connectivity index (χ2n) is 6.02. The zero-order valence-corrected chi connectivity index (χ0v) is 12.3. The number of hydrogen-bond donors (Lipinski definition) is 1. The number of methoxy groups -OCH3 is 1. The fraction of sp³-hybridized carbons (Fsp3) is 0.929. The Balaban J connectivity index is 2.27. The van der Waals surface area contributed by atoms with Gasteiger partial charge in [0.05, 0.1) is 12.5 Å². The molecule has 0 aromatic heterocycles. The van der Waals surface area contributed by atoms with E-state index in [1.807, 2.05) is 13.8 Å². The number of rotatable bonds is 6. The van der Waals surface area contributed by atoms with Crippen LogP contribution in [0, 0.1) is 5.41 Å². The zero-order chi connectivity index (χ0) is 13.6. The molecule has 4 nitrogen and oxygen atoms in total. The van der Waals surface area contributed by atoms with Gasteiger partial charge in [0, 0.05) is 19.1 Å². The highest BCUT2D eigenvalue weighted by atomic mass is 16.5. The molecule has 1 rings (SSSR count). The summed E-state index contributed by atoms with van der Waals surface area (Å²) in [6.45, 7) is 10.2. The fourth-order valence-electron chi connectivity index (χ4n) is 2.37. The van der Waals surface area contributed by atoms with Crippen molar-refractivity contribution in [3.8, 4) is 0 Å². The molecule has 1 saturated heterocycles. The Kier molecular flexibility index (Phi) is 6.09. The standard InChI is InChI=1S/C14H28N2O2/c1-12(10-16-8-6-5-7-9-16)15-11-14(2,3)13(17)18-4/h12,15H,5-11H2,1-4H3. The van der Waals surface area contributed by atoms with Crippen LogP contribution in [-0.2, 0) is 9.53 Å². The molecular formula is C14H28N2O2. The minimum Gasteiger partial charge on any atom is -0.469 e. The molecule has 1 N–H and O–H groups in total. The molecule has 1 aliphatic rings. The predicted octanol–water partition coefficient (Wildman–Crippen LogP) is 1.65. The maximum absolute atomic E-state index is 11.6. The Bertz CT molecular complexity index is 261. The van der Waals surface area contributed by atoms with Crippen LogP contribution in [0.3, 0.4) is 0 Å². The van der Waals surface area contributed by atoms with Crippen molar-refractivity contribution in [1.82, 2.24) is 10.2 Å². The summed E-state index contributed by atoms with van der Waals surface area (Å²) in [6, 6.07) is 0.409. The molecule has 0 bridgehead atoms. The van der Waals surface area contributed by atoms with Crippen LogP contribution in [0.25, 0.3) is 0 Å². The molecule has 1 fully saturated rings. The van der Waals surface area contributed by atoms with E-state index in [9.17, 15) is 4.79 Å². The van der Waals surface area contributed by atoms with E-state index < -0.39 is 5.41 Å². The van der Waals surface area contributed by atoms with Crippen molar-refractivity contribution in [2.45, 2.75) is 46.1 Å². The third kappa shape index (κ3) is 4.94. The fourth-order valence-corrected chi connectivity index (χ4v) is 2.37. The second kappa shape index (κ2) is 7.10. The van der Waals surface area contributed by atoms with Gasteiger partial charge in [0.25, 0.3) is 0 Å². The van der Waals surface area contributed by atoms with Gasteiger partial charge in [-0.25, -0.2) is 0 Å². The lowest BCUT2D eigenvalue weighted by molar-refractivity contribution is -0.150. The summed E-state index contributed by atoms with van der Waals surface area (Å²) < 4.78 is 4.81. The van der Waals surface area contributed by atoms with Crippen molar-refractivity contribution in [3.63, 3.8) is 0 Å². The van der Waals surface area contributed by atoms with Gasteiger partial charge in [0.1, 0.15) is 0 Å². The molecule has 0 aromatic carbocycles. The third-order valence-electron chi connectivity index (χ3n) is 3.61. The lowest BCUT2D eigenvalue weighted by Crippen LogP contribution is -2.46. The summed E-state index contributed by atoms with van der Waals surface area (Å²) in [5.41, 5.74) is -0.453. The van der Waals surface area contributed by atoms with Crippen molar-refractivity contribution < 1.29 is 9.53 Å². The number of carbonyl (C=O) groups excluding carboxylic acids is 1. The first-order valence-electron chi connectivity index (χ1n) is 7.00. The molecule has 0 amide bonds. The highest BCUT2D eigenvalue weighted by Gasteiger charge is 2.29. The summed E-state index contributed by atoms with van der Waals surface area (Å²) >= 11 is 0. The van der Waals surface area contributed by atoms with Gasteiger partial charge in [-0.15, -0.1) is 0 Å². The maximum atomic E-state index is 11.6. The van der Waals surface area contributed by atoms with E-state index in [1.54, 1.807) is 0 Å². The maximum Gasteiger partial charge on any atom is 0.312 e. The van der Waals surface area contributed by atoms with Gasteiger partial charge in [0.2, 0.25) is 0 Å². The predicted molar refractivity (Wildman–Crippen MR) is 73.6 cm³/mol. The van der Waals surface area contributed by atoms with Crippen molar-refractivity contribution in [2.75, 3.05) is 33.3 Å². The minimum absolute atomic E-state index is 0.153. The largest absolute Gasteiger partial charge is 0.469 e. The zero-order valence-electron chi connectivity index (χ0n) is 12.3. The van der Waals surface area contributed by atoms with Gasteiger partial charge in [0.15, 0.2) is 0 Å². The monoisotopic (exact) mass is 256 g/mol. The SMILES string of the molecule is COC(=O)C(C)(C)CNC(C)CN1CCCCC1. The Morgan fingerprint density at radius 3 is 2.50 bits per heavy atom. The van der Waals surface area contributed by atoms with Crippen LogP contribution in [0.1, 0.15) is 40.0 Å². The summed E-state index contributed by atoms with van der Waals surface area (Å²) in [5, 5.41) is 3.44. The van der Waals surface area contributed by atoms with Crippen LogP contribution >= 0.6 is 0 Å². The lowest BCUT2D eigenvalue weighted by atomic mass is 9.93. The molecule has 1 heterocycles. The molecule has 1 aliphatic heterocycles. The molecule has 106 valence electrons. The lowest BCUT2D eigenvalue weighted by Gasteiger charge is -2.31. The number of esters is 1. The second-order valence-corrected chi connectivity index (χ2v) is 6.02. The smallest absolute Gasteiger partial charge is 0.312 e. The van der Waals surface area contributed by atoms with Crippen molar-refractivity contribution in [2.24, 2.45) is 5.41 Å². The Hall–Kier alpha value is -0.610. The van der Waals surface area contributed by atoms with Gasteiger partial charge >= 0.3 is 5.97 Å². The Morgan fingerprint density at radius 2 is 1.94 bits per heavy atom. The van der Waals surface area contributed by atoms with Gasteiger partial charge in [-0.3, -0.25) is 4.79 Å². The van der Waals surface area contributed by atoms with Crippen LogP contribution in [0.15, 0.2) is 0 Å². The Morgan fingerprint density at radius 1 is 1.33 bits per heavy atom. The Labute approximate surface area is 111 Å². The first-order valence-corrected chi connectivity index (χ1v) is 7.00. The quantitative estimate of drug-likeness (QED) is 0.734. The van der Waals surface area contributed by atoms with Crippen molar-refractivity contribution in [3.05, 3.63) is 0 Å². The van der Waals surface area contributed by atoms with Crippen LogP contribution < -0.4 is 5.32 Å². The summed E-state index contributed by atoms with van der Waals surface area (Å²) in [4.78, 5) is 14.1. The normalized spacial score (nSPS) is 19.6. The number of likely N-dealkylation sites (tertiary alicyclic amines) is 1. The molecule has 0 aliphatic carbocycles. The molecule has 1 unspecified atom stereocenters. The van der Waals surface area contributed by atoms with E-state index >= 15 is 0 Å². The van der Waals surface area contributed by atoms with E-state index in [1.165, 1.54) is 39.5 Å². The van der Waals surface area contributed by atoms with E-state index in [0.717, 1.165) is 6.54 Å². The van der Waals surface area contributed by atoms with E-state index in [-0.39, 0.29) is 5.97 Å². The highest BCUT2D eigenvalue weighted by Crippen LogP contribution is 2.16. The minimum atomic E-state index is -0.453. The average molecular weight is 256 g/mol. The van der Waals surface area contributed by atoms with Gasteiger partial charge < -0.3 is 15.0 Å². The molecule has 0 aromatic rings. The molecule has 18 heavy (non-hydrogen) atoms. The van der Waals surface area contributed by atoms with Crippen LogP contribution in [0.4, 0.5) is 0 Å². The summed E-state index contributed by atoms with van der Waals surface area (Å²) in [6.07, 6.45) is 4.01. The van der Waals surface area contributed by atoms with Crippen LogP contribution in [-0.4, -0.2) is 50.2 Å². The molecule has 0 spiro atoms. The van der Waals surface area contributed by atoms with Gasteiger partial charge in [-0.1, -0.05) is 6.42 Å². The van der Waals surface area contributed by atoms with E-state index in [2.05, 4.69) is 17.1 Å². The van der Waals surface area contributed by atoms with E-state index in [0.29, 0.717) is 12.6 Å². The van der Waals surface area contributed by atoms with Gasteiger partial charge in [-0.2, -0.15) is 0 Å². The number of nitrogens with one attached hydrogen (secondary N) is 1. The van der Waals surface area contributed by atoms with Crippen molar-refractivity contribution >= 4 is 5.97 Å². The third-order valence-corrected chi connectivity index (χ3v) is 3.61. The van der Waals surface area contributed by atoms with E-state index in [4.69, 9.17) is 4.74 Å². The molecule has 4 heteroatoms. The number of piperidine rings is 1. The topological polar surface area (TPSA) is 41.6 Å². The first-order chi connectivity index (χ1) is 8.45. The number of ether oxygens (including phenoxy) is 1. The first kappa shape index (κ1) is 15.4. The summed E-state index contributed by atoms with van der Waals surface area (Å²) in [7, 11) is 1.45. The number of nitrogens with zero attached hydrogens (tertiary/aromatic N) is 1. The van der Waals surface area contributed by atoms with Crippen molar-refractivity contribution in [1.29, 1.82) is 0 Å². The van der Waals surface area contributed by atoms with Crippen LogP contribution in [0.2, 0.25) is 0 Å². The molecule has 0 saturated carbocycles.